The predicted molar refractivity (Wildman–Crippen MR) is 257 cm³/mol. The molecule has 0 saturated carbocycles. The maximum absolute atomic E-state index is 4.19. The molecule has 0 spiro atoms. The first-order valence-electron chi connectivity index (χ1n) is 20.8. The van der Waals surface area contributed by atoms with Gasteiger partial charge in [-0.1, -0.05) is 178 Å². The minimum absolute atomic E-state index is 0.268. The second-order valence-corrected chi connectivity index (χ2v) is 16.1. The van der Waals surface area contributed by atoms with Gasteiger partial charge in [-0.2, -0.15) is 0 Å². The van der Waals surface area contributed by atoms with E-state index in [9.17, 15) is 0 Å². The average molecular weight is 771 g/mol. The van der Waals surface area contributed by atoms with Gasteiger partial charge in [-0.05, 0) is 117 Å². The highest BCUT2D eigenvalue weighted by molar-refractivity contribution is 5.99. The molecule has 0 aliphatic heterocycles. The molecule has 0 bridgehead atoms. The summed E-state index contributed by atoms with van der Waals surface area (Å²) in [5, 5.41) is 1.20. The van der Waals surface area contributed by atoms with Crippen molar-refractivity contribution in [1.29, 1.82) is 0 Å². The SMILES string of the molecule is C=Cc1c(/C=C\C)n(-c2ccc(-c3ccc(N(c4ccc(-c5ccccc5)cc4)c4ccc(-c5ccccc5)cc4)c4c3-c3ccccc3C4(C)C)cc2)c2ccccc12. The molecular formula is C58H46N2. The monoisotopic (exact) mass is 770 g/mol. The van der Waals surface area contributed by atoms with Crippen molar-refractivity contribution in [3.05, 3.63) is 229 Å². The van der Waals surface area contributed by atoms with Gasteiger partial charge in [0.1, 0.15) is 0 Å². The zero-order valence-corrected chi connectivity index (χ0v) is 34.3. The lowest BCUT2D eigenvalue weighted by Crippen LogP contribution is -2.20. The molecule has 0 unspecified atom stereocenters. The third-order valence-electron chi connectivity index (χ3n) is 12.3. The highest BCUT2D eigenvalue weighted by Crippen LogP contribution is 2.57. The number of nitrogens with zero attached hydrogens (tertiary/aromatic N) is 2. The number of allylic oxidation sites excluding steroid dienone is 1. The molecule has 1 aliphatic rings. The van der Waals surface area contributed by atoms with E-state index in [1.165, 1.54) is 72.2 Å². The summed E-state index contributed by atoms with van der Waals surface area (Å²) >= 11 is 0. The standard InChI is InChI=1S/C58H46N2/c1-5-17-53-48(6-2)50-22-14-16-25-54(50)60(53)47-36-30-44(31-37-47)49-38-39-55(57-56(49)51-23-13-15-24-52(51)58(57,3)4)59(45-32-26-42(27-33-45)40-18-9-7-10-19-40)46-34-28-43(29-35-46)41-20-11-8-12-21-41/h5-39H,2H2,1,3-4H3/b17-5-. The quantitative estimate of drug-likeness (QED) is 0.142. The van der Waals surface area contributed by atoms with E-state index in [0.717, 1.165) is 28.3 Å². The van der Waals surface area contributed by atoms with Crippen LogP contribution in [0.15, 0.2) is 207 Å². The maximum Gasteiger partial charge on any atom is 0.0541 e. The van der Waals surface area contributed by atoms with Gasteiger partial charge in [0.2, 0.25) is 0 Å². The van der Waals surface area contributed by atoms with Gasteiger partial charge in [-0.15, -0.1) is 0 Å². The Hall–Kier alpha value is -7.42. The number of aromatic nitrogens is 1. The highest BCUT2D eigenvalue weighted by Gasteiger charge is 2.40. The zero-order valence-electron chi connectivity index (χ0n) is 34.3. The molecule has 1 heterocycles. The lowest BCUT2D eigenvalue weighted by Gasteiger charge is -2.33. The second kappa shape index (κ2) is 15.1. The van der Waals surface area contributed by atoms with Gasteiger partial charge in [0.15, 0.2) is 0 Å². The van der Waals surface area contributed by atoms with Gasteiger partial charge in [0.25, 0.3) is 0 Å². The molecule has 9 aromatic rings. The van der Waals surface area contributed by atoms with E-state index in [2.05, 4.69) is 243 Å². The Labute approximate surface area is 353 Å². The summed E-state index contributed by atoms with van der Waals surface area (Å²) in [5.41, 5.74) is 20.2. The van der Waals surface area contributed by atoms with E-state index < -0.39 is 0 Å². The topological polar surface area (TPSA) is 8.17 Å². The summed E-state index contributed by atoms with van der Waals surface area (Å²) in [6.07, 6.45) is 6.27. The molecule has 0 N–H and O–H groups in total. The fraction of sp³-hybridized carbons (Fsp3) is 0.0690. The molecule has 2 heteroatoms. The highest BCUT2D eigenvalue weighted by atomic mass is 15.1. The Kier molecular flexibility index (Phi) is 9.26. The van der Waals surface area contributed by atoms with E-state index in [1.807, 2.05) is 6.08 Å². The van der Waals surface area contributed by atoms with Crippen LogP contribution in [0.5, 0.6) is 0 Å². The number of anilines is 3. The van der Waals surface area contributed by atoms with E-state index >= 15 is 0 Å². The van der Waals surface area contributed by atoms with Crippen LogP contribution >= 0.6 is 0 Å². The van der Waals surface area contributed by atoms with Crippen LogP contribution in [0.2, 0.25) is 0 Å². The third-order valence-corrected chi connectivity index (χ3v) is 12.3. The van der Waals surface area contributed by atoms with Gasteiger partial charge >= 0.3 is 0 Å². The molecule has 0 radical (unpaired) electrons. The van der Waals surface area contributed by atoms with Crippen LogP contribution in [0.25, 0.3) is 73.2 Å². The molecule has 0 saturated heterocycles. The largest absolute Gasteiger partial charge is 0.310 e. The number of rotatable bonds is 9. The predicted octanol–water partition coefficient (Wildman–Crippen LogP) is 16.1. The van der Waals surface area contributed by atoms with Crippen molar-refractivity contribution < 1.29 is 0 Å². The summed E-state index contributed by atoms with van der Waals surface area (Å²) in [7, 11) is 0. The van der Waals surface area contributed by atoms with Gasteiger partial charge in [0, 0.05) is 33.4 Å². The van der Waals surface area contributed by atoms with Gasteiger partial charge in [-0.25, -0.2) is 0 Å². The van der Waals surface area contributed by atoms with Crippen LogP contribution in [-0.4, -0.2) is 4.57 Å². The molecule has 8 aromatic carbocycles. The van der Waals surface area contributed by atoms with Crippen molar-refractivity contribution in [1.82, 2.24) is 4.57 Å². The minimum Gasteiger partial charge on any atom is -0.310 e. The van der Waals surface area contributed by atoms with Gasteiger partial charge in [0.05, 0.1) is 16.9 Å². The molecule has 0 fully saturated rings. The van der Waals surface area contributed by atoms with Crippen molar-refractivity contribution in [2.24, 2.45) is 0 Å². The molecular weight excluding hydrogens is 725 g/mol. The number of hydrogen-bond donors (Lipinski definition) is 0. The van der Waals surface area contributed by atoms with Gasteiger partial charge < -0.3 is 9.47 Å². The van der Waals surface area contributed by atoms with Crippen molar-refractivity contribution in [2.45, 2.75) is 26.2 Å². The van der Waals surface area contributed by atoms with Crippen molar-refractivity contribution in [3.63, 3.8) is 0 Å². The third kappa shape index (κ3) is 6.12. The van der Waals surface area contributed by atoms with Crippen molar-refractivity contribution >= 4 is 40.1 Å². The van der Waals surface area contributed by atoms with Crippen molar-refractivity contribution in [3.8, 4) is 50.2 Å². The van der Waals surface area contributed by atoms with Gasteiger partial charge in [-0.3, -0.25) is 0 Å². The first kappa shape index (κ1) is 36.9. The van der Waals surface area contributed by atoms with Crippen LogP contribution in [-0.2, 0) is 5.41 Å². The Morgan fingerprint density at radius 1 is 0.517 bits per heavy atom. The van der Waals surface area contributed by atoms with E-state index in [0.29, 0.717) is 0 Å². The Bertz CT molecular complexity index is 2960. The Balaban J connectivity index is 1.15. The maximum atomic E-state index is 4.19. The summed E-state index contributed by atoms with van der Waals surface area (Å²) in [5.74, 6) is 0. The molecule has 0 amide bonds. The molecule has 2 nitrogen and oxygen atoms in total. The fourth-order valence-electron chi connectivity index (χ4n) is 9.50. The van der Waals surface area contributed by atoms with E-state index in [1.54, 1.807) is 0 Å². The molecule has 60 heavy (non-hydrogen) atoms. The lowest BCUT2D eigenvalue weighted by molar-refractivity contribution is 0.661. The molecule has 1 aliphatic carbocycles. The molecule has 10 rings (SSSR count). The summed E-state index contributed by atoms with van der Waals surface area (Å²) < 4.78 is 2.35. The van der Waals surface area contributed by atoms with Crippen molar-refractivity contribution in [2.75, 3.05) is 4.90 Å². The van der Waals surface area contributed by atoms with Crippen LogP contribution < -0.4 is 4.90 Å². The molecule has 0 atom stereocenters. The molecule has 1 aromatic heterocycles. The first-order valence-corrected chi connectivity index (χ1v) is 20.8. The fourth-order valence-corrected chi connectivity index (χ4v) is 9.50. The lowest BCUT2D eigenvalue weighted by atomic mass is 9.80. The minimum atomic E-state index is -0.268. The number of benzene rings is 8. The smallest absolute Gasteiger partial charge is 0.0541 e. The van der Waals surface area contributed by atoms with Crippen LogP contribution in [0, 0.1) is 0 Å². The number of fused-ring (bicyclic) bond motifs is 4. The summed E-state index contributed by atoms with van der Waals surface area (Å²) in [4.78, 5) is 2.46. The van der Waals surface area contributed by atoms with Crippen LogP contribution in [0.1, 0.15) is 43.2 Å². The normalized spacial score (nSPS) is 12.7. The number of hydrogen-bond acceptors (Lipinski definition) is 1. The molecule has 288 valence electrons. The Morgan fingerprint density at radius 3 is 1.65 bits per heavy atom. The van der Waals surface area contributed by atoms with E-state index in [4.69, 9.17) is 0 Å². The number of para-hydroxylation sites is 1. The first-order chi connectivity index (χ1) is 29.5. The second-order valence-electron chi connectivity index (χ2n) is 16.1. The zero-order chi connectivity index (χ0) is 40.8. The van der Waals surface area contributed by atoms with Crippen LogP contribution in [0.4, 0.5) is 17.1 Å². The summed E-state index contributed by atoms with van der Waals surface area (Å²) in [6.45, 7) is 11.0. The van der Waals surface area contributed by atoms with Crippen LogP contribution in [0.3, 0.4) is 0 Å². The van der Waals surface area contributed by atoms with E-state index in [-0.39, 0.29) is 5.41 Å². The average Bonchev–Trinajstić information content (AvgIpc) is 3.75. The summed E-state index contributed by atoms with van der Waals surface area (Å²) in [6, 6.07) is 70.7. The Morgan fingerprint density at radius 2 is 1.05 bits per heavy atom.